The van der Waals surface area contributed by atoms with E-state index in [4.69, 9.17) is 0 Å². The maximum Gasteiger partial charge on any atom is 0.234 e. The second-order valence-electron chi connectivity index (χ2n) is 6.89. The summed E-state index contributed by atoms with van der Waals surface area (Å²) in [4.78, 5) is 12.5. The number of hydrogen-bond donors (Lipinski definition) is 1. The highest BCUT2D eigenvalue weighted by atomic mass is 32.2. The molecule has 2 aromatic heterocycles. The van der Waals surface area contributed by atoms with E-state index in [1.54, 1.807) is 13.3 Å². The predicted octanol–water partition coefficient (Wildman–Crippen LogP) is 3.04. The summed E-state index contributed by atoms with van der Waals surface area (Å²) in [5, 5.41) is 22.5. The number of halogens is 1. The van der Waals surface area contributed by atoms with Gasteiger partial charge in [0.05, 0.1) is 17.1 Å². The Morgan fingerprint density at radius 2 is 1.87 bits per heavy atom. The van der Waals surface area contributed by atoms with E-state index in [0.29, 0.717) is 16.7 Å². The molecule has 2 heterocycles. The van der Waals surface area contributed by atoms with Gasteiger partial charge in [0.15, 0.2) is 11.0 Å². The van der Waals surface area contributed by atoms with Crippen molar-refractivity contribution < 1.29 is 9.18 Å². The molecule has 0 unspecified atom stereocenters. The minimum absolute atomic E-state index is 0.0388. The fourth-order valence-electron chi connectivity index (χ4n) is 2.90. The van der Waals surface area contributed by atoms with Crippen molar-refractivity contribution in [2.24, 2.45) is 0 Å². The number of thioether (sulfide) groups is 1. The van der Waals surface area contributed by atoms with Crippen molar-refractivity contribution in [2.45, 2.75) is 25.9 Å². The number of amides is 1. The summed E-state index contributed by atoms with van der Waals surface area (Å²) in [6.45, 7) is 5.80. The van der Waals surface area contributed by atoms with E-state index in [1.165, 1.54) is 40.2 Å². The van der Waals surface area contributed by atoms with Crippen LogP contribution in [0.25, 0.3) is 11.4 Å². The Morgan fingerprint density at radius 1 is 1.06 bits per heavy atom. The lowest BCUT2D eigenvalue weighted by molar-refractivity contribution is -0.113. The molecule has 0 radical (unpaired) electrons. The molecule has 0 fully saturated rings. The van der Waals surface area contributed by atoms with Crippen molar-refractivity contribution >= 4 is 23.4 Å². The molecule has 0 spiro atoms. The first-order valence-corrected chi connectivity index (χ1v) is 10.4. The first-order chi connectivity index (χ1) is 14.9. The third kappa shape index (κ3) is 4.45. The van der Waals surface area contributed by atoms with Crippen LogP contribution in [-0.2, 0) is 4.79 Å². The van der Waals surface area contributed by atoms with Gasteiger partial charge in [0.25, 0.3) is 0 Å². The van der Waals surface area contributed by atoms with Crippen LogP contribution in [0.3, 0.4) is 0 Å². The third-order valence-corrected chi connectivity index (χ3v) is 5.65. The van der Waals surface area contributed by atoms with Gasteiger partial charge in [0, 0.05) is 5.69 Å². The van der Waals surface area contributed by atoms with Gasteiger partial charge in [-0.25, -0.2) is 4.39 Å². The molecule has 158 valence electrons. The molecule has 9 nitrogen and oxygen atoms in total. The first kappa shape index (κ1) is 20.7. The zero-order chi connectivity index (χ0) is 22.0. The number of aromatic nitrogens is 7. The number of nitrogens with one attached hydrogen (secondary N) is 1. The molecule has 0 aliphatic carbocycles. The highest BCUT2D eigenvalue weighted by Crippen LogP contribution is 2.23. The summed E-state index contributed by atoms with van der Waals surface area (Å²) < 4.78 is 17.5. The van der Waals surface area contributed by atoms with Crippen LogP contribution in [0.4, 0.5) is 10.1 Å². The summed E-state index contributed by atoms with van der Waals surface area (Å²) >= 11 is 1.21. The number of aryl methyl sites for hydroxylation is 3. The summed E-state index contributed by atoms with van der Waals surface area (Å²) in [5.74, 6) is -0.336. The van der Waals surface area contributed by atoms with Crippen molar-refractivity contribution in [1.29, 1.82) is 0 Å². The van der Waals surface area contributed by atoms with Gasteiger partial charge in [-0.05, 0) is 72.7 Å². The highest BCUT2D eigenvalue weighted by molar-refractivity contribution is 7.99. The third-order valence-electron chi connectivity index (χ3n) is 4.71. The molecule has 0 aliphatic rings. The number of nitrogens with zero attached hydrogens (tertiary/aromatic N) is 7. The molecule has 0 atom stereocenters. The second kappa shape index (κ2) is 8.64. The lowest BCUT2D eigenvalue weighted by atomic mass is 10.1. The number of carbonyl (C=O) groups excluding carboxylic acids is 1. The van der Waals surface area contributed by atoms with Crippen LogP contribution in [0.15, 0.2) is 47.9 Å². The zero-order valence-electron chi connectivity index (χ0n) is 17.1. The van der Waals surface area contributed by atoms with E-state index in [1.807, 2.05) is 36.6 Å². The minimum atomic E-state index is -0.550. The van der Waals surface area contributed by atoms with Gasteiger partial charge in [0.1, 0.15) is 12.1 Å². The van der Waals surface area contributed by atoms with Crippen LogP contribution >= 0.6 is 11.8 Å². The predicted molar refractivity (Wildman–Crippen MR) is 114 cm³/mol. The number of tetrazole rings is 1. The van der Waals surface area contributed by atoms with Gasteiger partial charge in [-0.3, -0.25) is 9.36 Å². The fraction of sp³-hybridized carbons (Fsp3) is 0.200. The van der Waals surface area contributed by atoms with Gasteiger partial charge in [0.2, 0.25) is 5.91 Å². The van der Waals surface area contributed by atoms with E-state index in [0.717, 1.165) is 11.3 Å². The van der Waals surface area contributed by atoms with Crippen LogP contribution in [0.5, 0.6) is 0 Å². The first-order valence-electron chi connectivity index (χ1n) is 9.37. The van der Waals surface area contributed by atoms with Crippen LogP contribution in [0, 0.1) is 26.6 Å². The molecule has 0 saturated carbocycles. The number of carbonyl (C=O) groups is 1. The maximum atomic E-state index is 14.2. The summed E-state index contributed by atoms with van der Waals surface area (Å²) in [7, 11) is 0. The highest BCUT2D eigenvalue weighted by Gasteiger charge is 2.14. The summed E-state index contributed by atoms with van der Waals surface area (Å²) in [6.07, 6.45) is 1.60. The Kier molecular flexibility index (Phi) is 5.76. The molecule has 1 N–H and O–H groups in total. The molecule has 0 saturated heterocycles. The van der Waals surface area contributed by atoms with E-state index in [-0.39, 0.29) is 17.3 Å². The lowest BCUT2D eigenvalue weighted by Gasteiger charge is -2.10. The number of rotatable bonds is 6. The van der Waals surface area contributed by atoms with Gasteiger partial charge in [-0.2, -0.15) is 4.68 Å². The molecular formula is C20H19FN8OS. The Hall–Kier alpha value is -3.60. The monoisotopic (exact) mass is 438 g/mol. The zero-order valence-corrected chi connectivity index (χ0v) is 17.9. The van der Waals surface area contributed by atoms with E-state index < -0.39 is 5.82 Å². The Labute approximate surface area is 181 Å². The van der Waals surface area contributed by atoms with Gasteiger partial charge in [-0.15, -0.1) is 15.3 Å². The Balaban J connectivity index is 1.46. The maximum absolute atomic E-state index is 14.2. The normalized spacial score (nSPS) is 11.0. The molecule has 0 bridgehead atoms. The molecular weight excluding hydrogens is 419 g/mol. The molecule has 4 aromatic rings. The molecule has 4 rings (SSSR count). The van der Waals surface area contributed by atoms with Crippen LogP contribution in [-0.4, -0.2) is 46.6 Å². The minimum Gasteiger partial charge on any atom is -0.323 e. The van der Waals surface area contributed by atoms with Gasteiger partial charge < -0.3 is 5.32 Å². The largest absolute Gasteiger partial charge is 0.323 e. The topological polar surface area (TPSA) is 103 Å². The van der Waals surface area contributed by atoms with Crippen molar-refractivity contribution in [2.75, 3.05) is 11.1 Å². The van der Waals surface area contributed by atoms with Crippen LogP contribution < -0.4 is 5.32 Å². The summed E-state index contributed by atoms with van der Waals surface area (Å²) in [5.41, 5.74) is 3.83. The van der Waals surface area contributed by atoms with Crippen LogP contribution in [0.1, 0.15) is 17.0 Å². The quantitative estimate of drug-likeness (QED) is 0.462. The van der Waals surface area contributed by atoms with E-state index in [9.17, 15) is 9.18 Å². The SMILES string of the molecule is Cc1ccc(-n2cnnc2SCC(=O)Nc2cc(-n3nnnc3C)ccc2F)cc1C. The van der Waals surface area contributed by atoms with Crippen molar-refractivity contribution in [3.63, 3.8) is 0 Å². The second-order valence-corrected chi connectivity index (χ2v) is 7.83. The van der Waals surface area contributed by atoms with Crippen molar-refractivity contribution in [3.8, 4) is 11.4 Å². The summed E-state index contributed by atoms with van der Waals surface area (Å²) in [6, 6.07) is 10.3. The lowest BCUT2D eigenvalue weighted by Crippen LogP contribution is -2.16. The van der Waals surface area contributed by atoms with Gasteiger partial charge in [-0.1, -0.05) is 17.8 Å². The Morgan fingerprint density at radius 3 is 2.61 bits per heavy atom. The molecule has 0 aliphatic heterocycles. The average molecular weight is 438 g/mol. The smallest absolute Gasteiger partial charge is 0.234 e. The number of anilines is 1. The average Bonchev–Trinajstić information content (AvgIpc) is 3.39. The molecule has 11 heteroatoms. The molecule has 2 aromatic carbocycles. The fourth-order valence-corrected chi connectivity index (χ4v) is 3.63. The Bertz CT molecular complexity index is 1250. The molecule has 1 amide bonds. The van der Waals surface area contributed by atoms with Crippen molar-refractivity contribution in [1.82, 2.24) is 35.0 Å². The number of hydrogen-bond acceptors (Lipinski definition) is 7. The van der Waals surface area contributed by atoms with Crippen LogP contribution in [0.2, 0.25) is 0 Å². The van der Waals surface area contributed by atoms with Crippen molar-refractivity contribution in [3.05, 3.63) is 65.5 Å². The van der Waals surface area contributed by atoms with E-state index in [2.05, 4.69) is 31.0 Å². The van der Waals surface area contributed by atoms with Gasteiger partial charge >= 0.3 is 0 Å². The standard InChI is InChI=1S/C20H19FN8OS/c1-12-4-5-15(8-13(12)2)28-11-22-25-20(28)31-10-19(30)23-18-9-16(6-7-17(18)21)29-14(3)24-26-27-29/h4-9,11H,10H2,1-3H3,(H,23,30). The van der Waals surface area contributed by atoms with E-state index >= 15 is 0 Å². The number of benzene rings is 2. The molecule has 31 heavy (non-hydrogen) atoms.